The van der Waals surface area contributed by atoms with E-state index in [2.05, 4.69) is 54.7 Å². The Labute approximate surface area is 125 Å². The van der Waals surface area contributed by atoms with Crippen LogP contribution in [-0.4, -0.2) is 18.1 Å². The molecule has 0 aliphatic heterocycles. The van der Waals surface area contributed by atoms with Crippen LogP contribution in [0.15, 0.2) is 42.5 Å². The van der Waals surface area contributed by atoms with Crippen molar-refractivity contribution >= 4 is 17.4 Å². The molecule has 2 aromatic carbocycles. The summed E-state index contributed by atoms with van der Waals surface area (Å²) in [6, 6.07) is 15.5. The predicted octanol–water partition coefficient (Wildman–Crippen LogP) is 4.81. The monoisotopic (exact) mass is 283 g/mol. The van der Waals surface area contributed by atoms with E-state index in [0.717, 1.165) is 13.0 Å². The average Bonchev–Trinajstić information content (AvgIpc) is 2.84. The Bertz CT molecular complexity index is 592. The third kappa shape index (κ3) is 2.85. The quantitative estimate of drug-likeness (QED) is 0.651. The zero-order valence-corrected chi connectivity index (χ0v) is 12.8. The third-order valence-electron chi connectivity index (χ3n) is 3.79. The lowest BCUT2D eigenvalue weighted by Crippen LogP contribution is -2.03. The van der Waals surface area contributed by atoms with Crippen LogP contribution in [-0.2, 0) is 6.42 Å². The molecular weight excluding hydrogens is 262 g/mol. The standard InChI is InChI=1S/C18H21NS/c1-2-20-11-5-10-19-16-8-9-18-15(13-16)12-14-6-3-4-7-17(14)18/h3-4,6-9,13,19H,2,5,10-12H2,1H3. The minimum Gasteiger partial charge on any atom is -0.385 e. The van der Waals surface area contributed by atoms with Crippen molar-refractivity contribution in [2.24, 2.45) is 0 Å². The number of fused-ring (bicyclic) bond motifs is 3. The van der Waals surface area contributed by atoms with Gasteiger partial charge in [-0.2, -0.15) is 11.8 Å². The van der Waals surface area contributed by atoms with Crippen molar-refractivity contribution in [1.82, 2.24) is 0 Å². The molecule has 2 heteroatoms. The largest absolute Gasteiger partial charge is 0.385 e. The van der Waals surface area contributed by atoms with E-state index in [-0.39, 0.29) is 0 Å². The second-order valence-corrected chi connectivity index (χ2v) is 6.58. The number of thioether (sulfide) groups is 1. The highest BCUT2D eigenvalue weighted by Crippen LogP contribution is 2.37. The number of nitrogens with one attached hydrogen (secondary N) is 1. The van der Waals surface area contributed by atoms with Crippen LogP contribution in [0.5, 0.6) is 0 Å². The van der Waals surface area contributed by atoms with Crippen molar-refractivity contribution in [2.45, 2.75) is 19.8 Å². The van der Waals surface area contributed by atoms with E-state index in [1.165, 1.54) is 45.9 Å². The molecule has 0 unspecified atom stereocenters. The normalized spacial score (nSPS) is 12.1. The second-order valence-electron chi connectivity index (χ2n) is 5.18. The minimum absolute atomic E-state index is 1.07. The van der Waals surface area contributed by atoms with Gasteiger partial charge in [0.25, 0.3) is 0 Å². The number of hydrogen-bond acceptors (Lipinski definition) is 2. The second kappa shape index (κ2) is 6.36. The summed E-state index contributed by atoms with van der Waals surface area (Å²) in [5.74, 6) is 2.47. The lowest BCUT2D eigenvalue weighted by atomic mass is 10.1. The predicted molar refractivity (Wildman–Crippen MR) is 90.8 cm³/mol. The van der Waals surface area contributed by atoms with E-state index < -0.39 is 0 Å². The molecule has 0 radical (unpaired) electrons. The zero-order chi connectivity index (χ0) is 13.8. The summed E-state index contributed by atoms with van der Waals surface area (Å²) in [5, 5.41) is 3.55. The Morgan fingerprint density at radius 2 is 1.90 bits per heavy atom. The van der Waals surface area contributed by atoms with Gasteiger partial charge in [-0.1, -0.05) is 37.3 Å². The highest BCUT2D eigenvalue weighted by Gasteiger charge is 2.17. The highest BCUT2D eigenvalue weighted by atomic mass is 32.2. The van der Waals surface area contributed by atoms with Gasteiger partial charge in [0.2, 0.25) is 0 Å². The van der Waals surface area contributed by atoms with Gasteiger partial charge >= 0.3 is 0 Å². The Kier molecular flexibility index (Phi) is 4.31. The van der Waals surface area contributed by atoms with Crippen LogP contribution in [0.25, 0.3) is 11.1 Å². The molecule has 0 saturated carbocycles. The van der Waals surface area contributed by atoms with Gasteiger partial charge < -0.3 is 5.32 Å². The molecule has 0 saturated heterocycles. The van der Waals surface area contributed by atoms with Gasteiger partial charge in [-0.15, -0.1) is 0 Å². The molecule has 0 aromatic heterocycles. The van der Waals surface area contributed by atoms with Gasteiger partial charge in [-0.05, 0) is 58.7 Å². The maximum absolute atomic E-state index is 3.55. The minimum atomic E-state index is 1.07. The van der Waals surface area contributed by atoms with Gasteiger partial charge in [-0.25, -0.2) is 0 Å². The van der Waals surface area contributed by atoms with Gasteiger partial charge in [0, 0.05) is 12.2 Å². The van der Waals surface area contributed by atoms with Crippen LogP contribution in [0.4, 0.5) is 5.69 Å². The van der Waals surface area contributed by atoms with Crippen LogP contribution in [0.1, 0.15) is 24.5 Å². The molecule has 0 fully saturated rings. The van der Waals surface area contributed by atoms with Crippen molar-refractivity contribution in [3.8, 4) is 11.1 Å². The SMILES string of the molecule is CCSCCCNc1ccc2c(c1)Cc1ccccc1-2. The molecule has 0 atom stereocenters. The molecule has 2 aromatic rings. The lowest BCUT2D eigenvalue weighted by molar-refractivity contribution is 0.991. The Morgan fingerprint density at radius 1 is 1.05 bits per heavy atom. The number of benzene rings is 2. The van der Waals surface area contributed by atoms with Crippen molar-refractivity contribution in [3.05, 3.63) is 53.6 Å². The van der Waals surface area contributed by atoms with Crippen molar-refractivity contribution in [3.63, 3.8) is 0 Å². The average molecular weight is 283 g/mol. The van der Waals surface area contributed by atoms with Gasteiger partial charge in [0.05, 0.1) is 0 Å². The van der Waals surface area contributed by atoms with Crippen LogP contribution < -0.4 is 5.32 Å². The van der Waals surface area contributed by atoms with E-state index in [9.17, 15) is 0 Å². The summed E-state index contributed by atoms with van der Waals surface area (Å²) in [6.45, 7) is 3.29. The summed E-state index contributed by atoms with van der Waals surface area (Å²) >= 11 is 2.01. The summed E-state index contributed by atoms with van der Waals surface area (Å²) < 4.78 is 0. The van der Waals surface area contributed by atoms with Gasteiger partial charge in [0.1, 0.15) is 0 Å². The summed E-state index contributed by atoms with van der Waals surface area (Å²) in [4.78, 5) is 0. The van der Waals surface area contributed by atoms with E-state index in [1.54, 1.807) is 0 Å². The number of hydrogen-bond donors (Lipinski definition) is 1. The first-order valence-corrected chi connectivity index (χ1v) is 8.57. The molecule has 1 N–H and O–H groups in total. The fourth-order valence-electron chi connectivity index (χ4n) is 2.81. The van der Waals surface area contributed by atoms with Crippen LogP contribution >= 0.6 is 11.8 Å². The third-order valence-corrected chi connectivity index (χ3v) is 4.78. The van der Waals surface area contributed by atoms with Crippen molar-refractivity contribution in [1.29, 1.82) is 0 Å². The Hall–Kier alpha value is -1.41. The smallest absolute Gasteiger partial charge is 0.0343 e. The topological polar surface area (TPSA) is 12.0 Å². The first-order valence-electron chi connectivity index (χ1n) is 7.41. The molecule has 1 aliphatic carbocycles. The molecule has 20 heavy (non-hydrogen) atoms. The van der Waals surface area contributed by atoms with Crippen molar-refractivity contribution < 1.29 is 0 Å². The molecule has 0 bridgehead atoms. The summed E-state index contributed by atoms with van der Waals surface area (Å²) in [5.41, 5.74) is 7.00. The lowest BCUT2D eigenvalue weighted by Gasteiger charge is -2.08. The molecule has 3 rings (SSSR count). The molecule has 0 heterocycles. The van der Waals surface area contributed by atoms with Gasteiger partial charge in [0.15, 0.2) is 0 Å². The Balaban J connectivity index is 1.65. The van der Waals surface area contributed by atoms with E-state index in [4.69, 9.17) is 0 Å². The maximum atomic E-state index is 3.55. The first-order chi connectivity index (χ1) is 9.88. The summed E-state index contributed by atoms with van der Waals surface area (Å²) in [7, 11) is 0. The van der Waals surface area contributed by atoms with Crippen molar-refractivity contribution in [2.75, 3.05) is 23.4 Å². The fourth-order valence-corrected chi connectivity index (χ4v) is 3.44. The molecule has 1 nitrogen and oxygen atoms in total. The van der Waals surface area contributed by atoms with E-state index >= 15 is 0 Å². The Morgan fingerprint density at radius 3 is 2.80 bits per heavy atom. The zero-order valence-electron chi connectivity index (χ0n) is 12.0. The number of rotatable bonds is 6. The highest BCUT2D eigenvalue weighted by molar-refractivity contribution is 7.99. The molecular formula is C18H21NS. The first kappa shape index (κ1) is 13.6. The maximum Gasteiger partial charge on any atom is 0.0343 e. The van der Waals surface area contributed by atoms with Crippen LogP contribution in [0.3, 0.4) is 0 Å². The van der Waals surface area contributed by atoms with E-state index in [0.29, 0.717) is 0 Å². The van der Waals surface area contributed by atoms with E-state index in [1.807, 2.05) is 11.8 Å². The summed E-state index contributed by atoms with van der Waals surface area (Å²) in [6.07, 6.45) is 2.31. The molecule has 104 valence electrons. The van der Waals surface area contributed by atoms with Gasteiger partial charge in [-0.3, -0.25) is 0 Å². The molecule has 1 aliphatic rings. The number of anilines is 1. The fraction of sp³-hybridized carbons (Fsp3) is 0.333. The molecule has 0 spiro atoms. The molecule has 0 amide bonds. The van der Waals surface area contributed by atoms with Crippen LogP contribution in [0, 0.1) is 0 Å². The van der Waals surface area contributed by atoms with Crippen LogP contribution in [0.2, 0.25) is 0 Å².